The number of hydrogen-bond donors (Lipinski definition) is 2. The van der Waals surface area contributed by atoms with Crippen LogP contribution in [0.5, 0.6) is 0 Å². The van der Waals surface area contributed by atoms with Gasteiger partial charge in [-0.15, -0.1) is 0 Å². The Balaban J connectivity index is 2.40. The molecule has 0 radical (unpaired) electrons. The van der Waals surface area contributed by atoms with E-state index in [4.69, 9.17) is 5.11 Å². The second-order valence-electron chi connectivity index (χ2n) is 3.39. The Hall–Kier alpha value is -1.96. The van der Waals surface area contributed by atoms with Gasteiger partial charge in [0.2, 0.25) is 0 Å². The first-order chi connectivity index (χ1) is 8.15. The first-order valence-electron chi connectivity index (χ1n) is 5.18. The number of nitro groups is 1. The highest BCUT2D eigenvalue weighted by molar-refractivity contribution is 5.75. The van der Waals surface area contributed by atoms with Crippen LogP contribution in [0.15, 0.2) is 12.4 Å². The number of aliphatic hydroxyl groups excluding tert-OH is 1. The summed E-state index contributed by atoms with van der Waals surface area (Å²) in [5, 5.41) is 21.7. The van der Waals surface area contributed by atoms with Crippen molar-refractivity contribution in [3.8, 4) is 0 Å². The predicted octanol–water partition coefficient (Wildman–Crippen LogP) is -0.320. The average Bonchev–Trinajstić information content (AvgIpc) is 2.72. The van der Waals surface area contributed by atoms with E-state index in [9.17, 15) is 14.9 Å². The highest BCUT2D eigenvalue weighted by Crippen LogP contribution is 2.06. The molecule has 0 aliphatic carbocycles. The van der Waals surface area contributed by atoms with Gasteiger partial charge in [0.05, 0.1) is 0 Å². The van der Waals surface area contributed by atoms with Gasteiger partial charge in [-0.1, -0.05) is 4.98 Å². The van der Waals surface area contributed by atoms with Crippen molar-refractivity contribution in [2.24, 2.45) is 0 Å². The molecule has 1 aromatic rings. The summed E-state index contributed by atoms with van der Waals surface area (Å²) in [4.78, 5) is 24.8. The molecule has 1 rings (SSSR count). The lowest BCUT2D eigenvalue weighted by molar-refractivity contribution is -0.396. The van der Waals surface area contributed by atoms with E-state index in [-0.39, 0.29) is 25.0 Å². The van der Waals surface area contributed by atoms with Crippen molar-refractivity contribution in [3.05, 3.63) is 22.5 Å². The van der Waals surface area contributed by atoms with Crippen LogP contribution in [0, 0.1) is 10.1 Å². The van der Waals surface area contributed by atoms with Gasteiger partial charge < -0.3 is 20.5 Å². The van der Waals surface area contributed by atoms with E-state index in [0.717, 1.165) is 0 Å². The lowest BCUT2D eigenvalue weighted by Crippen LogP contribution is -2.28. The molecular formula is C9H14N4O4. The summed E-state index contributed by atoms with van der Waals surface area (Å²) in [7, 11) is 0. The number of unbranched alkanes of at least 4 members (excludes halogenated alkanes) is 1. The molecular weight excluding hydrogens is 228 g/mol. The van der Waals surface area contributed by atoms with Gasteiger partial charge in [-0.25, -0.2) is 4.57 Å². The third kappa shape index (κ3) is 4.19. The number of rotatable bonds is 7. The normalized spacial score (nSPS) is 10.2. The van der Waals surface area contributed by atoms with E-state index < -0.39 is 4.92 Å². The zero-order valence-electron chi connectivity index (χ0n) is 9.20. The number of amides is 1. The molecule has 0 saturated heterocycles. The maximum absolute atomic E-state index is 11.4. The van der Waals surface area contributed by atoms with Crippen LogP contribution in [-0.2, 0) is 11.3 Å². The summed E-state index contributed by atoms with van der Waals surface area (Å²) < 4.78 is 1.17. The van der Waals surface area contributed by atoms with Gasteiger partial charge in [-0.2, -0.15) is 0 Å². The Kier molecular flexibility index (Phi) is 5.08. The summed E-state index contributed by atoms with van der Waals surface area (Å²) in [6.07, 6.45) is 3.95. The number of nitrogens with zero attached hydrogens (tertiary/aromatic N) is 3. The molecule has 0 aliphatic rings. The maximum atomic E-state index is 11.4. The zero-order valence-corrected chi connectivity index (χ0v) is 9.20. The molecule has 0 unspecified atom stereocenters. The Morgan fingerprint density at radius 1 is 1.59 bits per heavy atom. The first kappa shape index (κ1) is 13.1. The minimum absolute atomic E-state index is 0.0862. The standard InChI is InChI=1S/C9H14N4O4/c14-6-2-1-3-10-8(15)7-12-5-4-11-9(12)13(16)17/h4-5,14H,1-3,6-7H2,(H,10,15). The molecule has 2 N–H and O–H groups in total. The van der Waals surface area contributed by atoms with E-state index >= 15 is 0 Å². The van der Waals surface area contributed by atoms with Crippen LogP contribution in [0.4, 0.5) is 5.95 Å². The van der Waals surface area contributed by atoms with Crippen LogP contribution in [0.2, 0.25) is 0 Å². The van der Waals surface area contributed by atoms with Gasteiger partial charge >= 0.3 is 5.95 Å². The summed E-state index contributed by atoms with van der Waals surface area (Å²) >= 11 is 0. The van der Waals surface area contributed by atoms with Gasteiger partial charge in [-0.05, 0) is 17.8 Å². The first-order valence-corrected chi connectivity index (χ1v) is 5.18. The largest absolute Gasteiger partial charge is 0.435 e. The molecule has 0 aromatic carbocycles. The minimum Gasteiger partial charge on any atom is -0.396 e. The van der Waals surface area contributed by atoms with Gasteiger partial charge in [0.15, 0.2) is 6.54 Å². The average molecular weight is 242 g/mol. The van der Waals surface area contributed by atoms with Crippen LogP contribution in [0.3, 0.4) is 0 Å². The monoisotopic (exact) mass is 242 g/mol. The molecule has 0 atom stereocenters. The van der Waals surface area contributed by atoms with E-state index in [0.29, 0.717) is 19.4 Å². The van der Waals surface area contributed by atoms with Gasteiger partial charge in [-0.3, -0.25) is 4.79 Å². The molecule has 1 amide bonds. The number of nitrogens with one attached hydrogen (secondary N) is 1. The van der Waals surface area contributed by atoms with Gasteiger partial charge in [0.25, 0.3) is 5.91 Å². The van der Waals surface area contributed by atoms with Crippen LogP contribution >= 0.6 is 0 Å². The number of imidazole rings is 1. The molecule has 0 spiro atoms. The molecule has 0 bridgehead atoms. The summed E-state index contributed by atoms with van der Waals surface area (Å²) in [6, 6.07) is 0. The Labute approximate surface area is 97.4 Å². The summed E-state index contributed by atoms with van der Waals surface area (Å²) in [6.45, 7) is 0.403. The number of aromatic nitrogens is 2. The van der Waals surface area contributed by atoms with Gasteiger partial charge in [0.1, 0.15) is 12.4 Å². The molecule has 1 heterocycles. The molecule has 94 valence electrons. The Bertz CT molecular complexity index is 390. The second kappa shape index (κ2) is 6.59. The van der Waals surface area contributed by atoms with Gasteiger partial charge in [0, 0.05) is 13.2 Å². The van der Waals surface area contributed by atoms with Crippen molar-refractivity contribution in [2.45, 2.75) is 19.4 Å². The lowest BCUT2D eigenvalue weighted by atomic mass is 10.3. The second-order valence-corrected chi connectivity index (χ2v) is 3.39. The predicted molar refractivity (Wildman–Crippen MR) is 58.2 cm³/mol. The number of carbonyl (C=O) groups excluding carboxylic acids is 1. The van der Waals surface area contributed by atoms with E-state index in [1.54, 1.807) is 0 Å². The lowest BCUT2D eigenvalue weighted by Gasteiger charge is -2.04. The van der Waals surface area contributed by atoms with Crippen LogP contribution in [-0.4, -0.2) is 38.6 Å². The van der Waals surface area contributed by atoms with Crippen molar-refractivity contribution >= 4 is 11.9 Å². The summed E-state index contributed by atoms with van der Waals surface area (Å²) in [5.74, 6) is -0.667. The minimum atomic E-state index is -0.640. The van der Waals surface area contributed by atoms with Crippen molar-refractivity contribution in [1.82, 2.24) is 14.9 Å². The topological polar surface area (TPSA) is 110 Å². The maximum Gasteiger partial charge on any atom is 0.435 e. The Morgan fingerprint density at radius 3 is 3.00 bits per heavy atom. The van der Waals surface area contributed by atoms with Crippen LogP contribution in [0.1, 0.15) is 12.8 Å². The molecule has 0 saturated carbocycles. The fraction of sp³-hybridized carbons (Fsp3) is 0.556. The highest BCUT2D eigenvalue weighted by Gasteiger charge is 2.16. The molecule has 1 aromatic heterocycles. The van der Waals surface area contributed by atoms with Crippen molar-refractivity contribution in [2.75, 3.05) is 13.2 Å². The zero-order chi connectivity index (χ0) is 12.7. The third-order valence-electron chi connectivity index (χ3n) is 2.08. The molecule has 8 heteroatoms. The third-order valence-corrected chi connectivity index (χ3v) is 2.08. The fourth-order valence-electron chi connectivity index (χ4n) is 1.27. The SMILES string of the molecule is O=C(Cn1ccnc1[N+](=O)[O-])NCCCCO. The number of hydrogen-bond acceptors (Lipinski definition) is 5. The van der Waals surface area contributed by atoms with E-state index in [1.165, 1.54) is 17.0 Å². The molecule has 0 aliphatic heterocycles. The van der Waals surface area contributed by atoms with Crippen LogP contribution in [0.25, 0.3) is 0 Å². The van der Waals surface area contributed by atoms with E-state index in [1.807, 2.05) is 0 Å². The van der Waals surface area contributed by atoms with Crippen molar-refractivity contribution in [3.63, 3.8) is 0 Å². The van der Waals surface area contributed by atoms with E-state index in [2.05, 4.69) is 10.3 Å². The number of carbonyl (C=O) groups is 1. The highest BCUT2D eigenvalue weighted by atomic mass is 16.6. The molecule has 0 fully saturated rings. The smallest absolute Gasteiger partial charge is 0.396 e. The van der Waals surface area contributed by atoms with Crippen molar-refractivity contribution in [1.29, 1.82) is 0 Å². The Morgan fingerprint density at radius 2 is 2.35 bits per heavy atom. The quantitative estimate of drug-likeness (QED) is 0.387. The van der Waals surface area contributed by atoms with Crippen molar-refractivity contribution < 1.29 is 14.8 Å². The number of aliphatic hydroxyl groups is 1. The molecule has 8 nitrogen and oxygen atoms in total. The molecule has 17 heavy (non-hydrogen) atoms. The fourth-order valence-corrected chi connectivity index (χ4v) is 1.27. The summed E-state index contributed by atoms with van der Waals surface area (Å²) in [5.41, 5.74) is 0. The van der Waals surface area contributed by atoms with Crippen LogP contribution < -0.4 is 5.32 Å².